The smallest absolute Gasteiger partial charge is 0.254 e. The van der Waals surface area contributed by atoms with E-state index in [1.165, 1.54) is 0 Å². The fourth-order valence-electron chi connectivity index (χ4n) is 3.01. The molecule has 1 atom stereocenters. The first-order valence-corrected chi connectivity index (χ1v) is 8.23. The van der Waals surface area contributed by atoms with Crippen molar-refractivity contribution in [3.05, 3.63) is 53.6 Å². The first-order chi connectivity index (χ1) is 12.1. The summed E-state index contributed by atoms with van der Waals surface area (Å²) in [6.07, 6.45) is 3.34. The highest BCUT2D eigenvalue weighted by Crippen LogP contribution is 2.23. The van der Waals surface area contributed by atoms with Gasteiger partial charge in [0.05, 0.1) is 31.7 Å². The summed E-state index contributed by atoms with van der Waals surface area (Å²) in [7, 11) is 1.59. The molecular weight excluding hydrogens is 320 g/mol. The van der Waals surface area contributed by atoms with Gasteiger partial charge in [0.25, 0.3) is 5.91 Å². The van der Waals surface area contributed by atoms with Crippen LogP contribution in [-0.4, -0.2) is 53.1 Å². The lowest BCUT2D eigenvalue weighted by Crippen LogP contribution is -2.47. The van der Waals surface area contributed by atoms with Gasteiger partial charge in [-0.05, 0) is 19.1 Å². The number of fused-ring (bicyclic) bond motifs is 1. The van der Waals surface area contributed by atoms with Gasteiger partial charge in [0.15, 0.2) is 0 Å². The third-order valence-electron chi connectivity index (χ3n) is 4.29. The van der Waals surface area contributed by atoms with E-state index in [0.717, 1.165) is 11.3 Å². The summed E-state index contributed by atoms with van der Waals surface area (Å²) in [5.74, 6) is -0.219. The van der Waals surface area contributed by atoms with E-state index in [2.05, 4.69) is 10.3 Å². The van der Waals surface area contributed by atoms with Crippen molar-refractivity contribution in [2.75, 3.05) is 26.8 Å². The molecule has 1 aromatic carbocycles. The molecule has 0 saturated heterocycles. The Hall–Kier alpha value is -2.67. The minimum atomic E-state index is -0.489. The summed E-state index contributed by atoms with van der Waals surface area (Å²) in [6, 6.07) is 6.99. The molecular formula is C18H22N4O3. The summed E-state index contributed by atoms with van der Waals surface area (Å²) in [5, 5.41) is 2.84. The maximum Gasteiger partial charge on any atom is 0.254 e. The molecule has 7 heteroatoms. The molecule has 3 rings (SSSR count). The van der Waals surface area contributed by atoms with Crippen molar-refractivity contribution in [2.45, 2.75) is 19.5 Å². The van der Waals surface area contributed by atoms with E-state index < -0.39 is 6.04 Å². The lowest BCUT2D eigenvalue weighted by molar-refractivity contribution is -0.125. The third-order valence-corrected chi connectivity index (χ3v) is 4.29. The van der Waals surface area contributed by atoms with Gasteiger partial charge >= 0.3 is 0 Å². The Morgan fingerprint density at radius 3 is 3.00 bits per heavy atom. The molecule has 0 saturated carbocycles. The third kappa shape index (κ3) is 3.71. The van der Waals surface area contributed by atoms with Crippen LogP contribution in [0.25, 0.3) is 0 Å². The number of benzene rings is 1. The Balaban J connectivity index is 1.79. The molecule has 132 valence electrons. The molecule has 1 aliphatic heterocycles. The van der Waals surface area contributed by atoms with Gasteiger partial charge in [-0.15, -0.1) is 0 Å². The molecule has 1 aliphatic rings. The Bertz CT molecular complexity index is 771. The highest BCUT2D eigenvalue weighted by Gasteiger charge is 2.32. The zero-order valence-corrected chi connectivity index (χ0v) is 14.4. The summed E-state index contributed by atoms with van der Waals surface area (Å²) < 4.78 is 6.80. The van der Waals surface area contributed by atoms with E-state index in [9.17, 15) is 9.59 Å². The number of aromatic nitrogens is 2. The van der Waals surface area contributed by atoms with Gasteiger partial charge in [-0.2, -0.15) is 0 Å². The summed E-state index contributed by atoms with van der Waals surface area (Å²) in [4.78, 5) is 31.2. The van der Waals surface area contributed by atoms with Crippen LogP contribution < -0.4 is 5.32 Å². The van der Waals surface area contributed by atoms with E-state index in [1.807, 2.05) is 29.7 Å². The predicted octanol–water partition coefficient (Wildman–Crippen LogP) is 1.15. The minimum Gasteiger partial charge on any atom is -0.383 e. The molecule has 0 radical (unpaired) electrons. The monoisotopic (exact) mass is 342 g/mol. The number of aryl methyl sites for hydroxylation is 1. The second kappa shape index (κ2) is 7.48. The van der Waals surface area contributed by atoms with Crippen LogP contribution in [0.2, 0.25) is 0 Å². The molecule has 1 N–H and O–H groups in total. The molecule has 2 amide bonds. The number of amides is 2. The van der Waals surface area contributed by atoms with Crippen molar-refractivity contribution in [1.29, 1.82) is 0 Å². The van der Waals surface area contributed by atoms with E-state index >= 15 is 0 Å². The van der Waals surface area contributed by atoms with Crippen molar-refractivity contribution in [1.82, 2.24) is 19.8 Å². The average molecular weight is 342 g/mol. The molecule has 0 aliphatic carbocycles. The van der Waals surface area contributed by atoms with E-state index in [4.69, 9.17) is 4.74 Å². The van der Waals surface area contributed by atoms with Crippen LogP contribution in [0.5, 0.6) is 0 Å². The first-order valence-electron chi connectivity index (χ1n) is 8.23. The number of methoxy groups -OCH3 is 1. The number of ether oxygens (including phenoxy) is 1. The van der Waals surface area contributed by atoms with Crippen molar-refractivity contribution in [3.8, 4) is 0 Å². The Kier molecular flexibility index (Phi) is 5.14. The quantitative estimate of drug-likeness (QED) is 0.827. The van der Waals surface area contributed by atoms with Crippen LogP contribution in [0.1, 0.15) is 27.7 Å². The van der Waals surface area contributed by atoms with Gasteiger partial charge in [-0.25, -0.2) is 4.98 Å². The van der Waals surface area contributed by atoms with Gasteiger partial charge < -0.3 is 19.5 Å². The molecule has 0 bridgehead atoms. The molecule has 2 aromatic rings. The van der Waals surface area contributed by atoms with Crippen LogP contribution in [0, 0.1) is 6.92 Å². The normalized spacial score (nSPS) is 16.4. The molecule has 0 fully saturated rings. The van der Waals surface area contributed by atoms with Crippen molar-refractivity contribution in [3.63, 3.8) is 0 Å². The molecule has 1 aromatic heterocycles. The maximum atomic E-state index is 12.9. The van der Waals surface area contributed by atoms with Gasteiger partial charge in [-0.3, -0.25) is 9.59 Å². The zero-order valence-electron chi connectivity index (χ0n) is 14.4. The van der Waals surface area contributed by atoms with Gasteiger partial charge in [0, 0.05) is 25.4 Å². The van der Waals surface area contributed by atoms with E-state index in [-0.39, 0.29) is 11.8 Å². The van der Waals surface area contributed by atoms with Crippen LogP contribution in [0.4, 0.5) is 0 Å². The molecule has 0 unspecified atom stereocenters. The fourth-order valence-corrected chi connectivity index (χ4v) is 3.01. The summed E-state index contributed by atoms with van der Waals surface area (Å²) >= 11 is 0. The topological polar surface area (TPSA) is 76.5 Å². The number of nitrogens with one attached hydrogen (secondary N) is 1. The Labute approximate surface area is 146 Å². The van der Waals surface area contributed by atoms with Gasteiger partial charge in [-0.1, -0.05) is 17.7 Å². The maximum absolute atomic E-state index is 12.9. The largest absolute Gasteiger partial charge is 0.383 e. The number of hydrogen-bond donors (Lipinski definition) is 1. The highest BCUT2D eigenvalue weighted by molar-refractivity contribution is 5.95. The van der Waals surface area contributed by atoms with E-state index in [1.54, 1.807) is 30.6 Å². The SMILES string of the molecule is COCCNC(=O)[C@@H]1CN(C(=O)c2cccc(C)c2)Cc2cncn21. The first kappa shape index (κ1) is 17.2. The van der Waals surface area contributed by atoms with E-state index in [0.29, 0.717) is 31.8 Å². The number of carbonyl (C=O) groups excluding carboxylic acids is 2. The van der Waals surface area contributed by atoms with Crippen molar-refractivity contribution in [2.24, 2.45) is 0 Å². The number of rotatable bonds is 5. The zero-order chi connectivity index (χ0) is 17.8. The van der Waals surface area contributed by atoms with Crippen molar-refractivity contribution >= 4 is 11.8 Å². The van der Waals surface area contributed by atoms with Crippen LogP contribution in [-0.2, 0) is 16.1 Å². The summed E-state index contributed by atoms with van der Waals surface area (Å²) in [5.41, 5.74) is 2.51. The lowest BCUT2D eigenvalue weighted by Gasteiger charge is -2.33. The fraction of sp³-hybridized carbons (Fsp3) is 0.389. The second-order valence-corrected chi connectivity index (χ2v) is 6.15. The summed E-state index contributed by atoms with van der Waals surface area (Å²) in [6.45, 7) is 3.58. The van der Waals surface area contributed by atoms with Crippen LogP contribution in [0.15, 0.2) is 36.8 Å². The number of nitrogens with zero attached hydrogens (tertiary/aromatic N) is 3. The van der Waals surface area contributed by atoms with Gasteiger partial charge in [0.1, 0.15) is 6.04 Å². The lowest BCUT2D eigenvalue weighted by atomic mass is 10.1. The van der Waals surface area contributed by atoms with Crippen LogP contribution >= 0.6 is 0 Å². The van der Waals surface area contributed by atoms with Crippen LogP contribution in [0.3, 0.4) is 0 Å². The molecule has 7 nitrogen and oxygen atoms in total. The van der Waals surface area contributed by atoms with Crippen molar-refractivity contribution < 1.29 is 14.3 Å². The Morgan fingerprint density at radius 1 is 1.40 bits per heavy atom. The molecule has 25 heavy (non-hydrogen) atoms. The minimum absolute atomic E-state index is 0.0779. The second-order valence-electron chi connectivity index (χ2n) is 6.15. The predicted molar refractivity (Wildman–Crippen MR) is 92.1 cm³/mol. The molecule has 0 spiro atoms. The molecule has 2 heterocycles. The number of hydrogen-bond acceptors (Lipinski definition) is 4. The number of carbonyl (C=O) groups is 2. The van der Waals surface area contributed by atoms with Gasteiger partial charge in [0.2, 0.25) is 5.91 Å². The highest BCUT2D eigenvalue weighted by atomic mass is 16.5. The Morgan fingerprint density at radius 2 is 2.24 bits per heavy atom. The standard InChI is InChI=1S/C18H22N4O3/c1-13-4-3-5-14(8-13)18(24)21-10-15-9-19-12-22(15)16(11-21)17(23)20-6-7-25-2/h3-5,8-9,12,16H,6-7,10-11H2,1-2H3,(H,20,23)/t16-/m0/s1. The average Bonchev–Trinajstić information content (AvgIpc) is 3.09. The number of imidazole rings is 1.